The molecule has 3 N–H and O–H groups in total. The summed E-state index contributed by atoms with van der Waals surface area (Å²) in [7, 11) is 0. The number of fused-ring (bicyclic) bond motifs is 1. The molecule has 3 rings (SSSR count). The molecule has 0 unspecified atom stereocenters. The maximum Gasteiger partial charge on any atom is 0.202 e. The van der Waals surface area contributed by atoms with Gasteiger partial charge in [0.25, 0.3) is 0 Å². The molecule has 7 heteroatoms. The number of nitriles is 1. The van der Waals surface area contributed by atoms with Gasteiger partial charge in [-0.15, -0.1) is 0 Å². The number of aromatic nitrogens is 1. The number of benzene rings is 2. The van der Waals surface area contributed by atoms with Crippen molar-refractivity contribution in [3.05, 3.63) is 75.5 Å². The summed E-state index contributed by atoms with van der Waals surface area (Å²) in [5.41, 5.74) is 7.47. The largest absolute Gasteiger partial charge is 0.369 e. The smallest absolute Gasteiger partial charge is 0.202 e. The molecule has 3 aromatic rings. The molecule has 1 heterocycles. The minimum atomic E-state index is -0.146. The maximum absolute atomic E-state index is 12.7. The lowest BCUT2D eigenvalue weighted by Crippen LogP contribution is -2.27. The normalized spacial score (nSPS) is 11.3. The van der Waals surface area contributed by atoms with Gasteiger partial charge < -0.3 is 10.3 Å². The fourth-order valence-electron chi connectivity index (χ4n) is 2.54. The molecule has 0 spiro atoms. The Morgan fingerprint density at radius 3 is 2.76 bits per heavy atom. The van der Waals surface area contributed by atoms with Crippen molar-refractivity contribution in [3.8, 4) is 11.9 Å². The molecule has 0 saturated heterocycles. The highest BCUT2D eigenvalue weighted by Gasteiger charge is 2.11. The molecule has 0 atom stereocenters. The highest BCUT2D eigenvalue weighted by atomic mass is 35.5. The second-order valence-electron chi connectivity index (χ2n) is 5.29. The number of hydrogen-bond acceptors (Lipinski definition) is 3. The topological polar surface area (TPSA) is 96.2 Å². The number of nitrogens with two attached hydrogens (primary N) is 1. The van der Waals surface area contributed by atoms with Gasteiger partial charge in [-0.1, -0.05) is 29.8 Å². The Balaban J connectivity index is 2.21. The van der Waals surface area contributed by atoms with Crippen LogP contribution in [0.5, 0.6) is 0 Å². The lowest BCUT2D eigenvalue weighted by atomic mass is 10.1. The number of guanidine groups is 1. The Morgan fingerprint density at radius 2 is 2.04 bits per heavy atom. The zero-order valence-electron chi connectivity index (χ0n) is 13.1. The molecule has 0 radical (unpaired) electrons. The molecule has 2 aromatic carbocycles. The Morgan fingerprint density at radius 1 is 1.28 bits per heavy atom. The first-order valence-electron chi connectivity index (χ1n) is 7.44. The quantitative estimate of drug-likeness (QED) is 0.328. The standard InChI is InChI=1S/C18H14ClN5O/c19-13-6-7-15-16(8-13)24(14-4-2-1-3-5-14)10-12(17(15)25)9-22-18(21)23-11-20/h1-8,10H,9H2,(H3,21,22,23). The van der Waals surface area contributed by atoms with E-state index < -0.39 is 0 Å². The number of hydrogen-bond donors (Lipinski definition) is 2. The number of rotatable bonds is 3. The monoisotopic (exact) mass is 351 g/mol. The molecule has 0 aliphatic heterocycles. The number of para-hydroxylation sites is 1. The summed E-state index contributed by atoms with van der Waals surface area (Å²) in [5.74, 6) is -0.0376. The molecule has 6 nitrogen and oxygen atoms in total. The molecule has 0 saturated carbocycles. The zero-order valence-corrected chi connectivity index (χ0v) is 13.9. The summed E-state index contributed by atoms with van der Waals surface area (Å²) in [5, 5.41) is 11.9. The fraction of sp³-hybridized carbons (Fsp3) is 0.0556. The summed E-state index contributed by atoms with van der Waals surface area (Å²) in [6.07, 6.45) is 3.41. The Bertz CT molecular complexity index is 1050. The predicted octanol–water partition coefficient (Wildman–Crippen LogP) is 2.53. The number of pyridine rings is 1. The molecule has 0 amide bonds. The van der Waals surface area contributed by atoms with Gasteiger partial charge >= 0.3 is 0 Å². The van der Waals surface area contributed by atoms with Gasteiger partial charge in [0.1, 0.15) is 0 Å². The van der Waals surface area contributed by atoms with Crippen molar-refractivity contribution in [2.24, 2.45) is 10.7 Å². The van der Waals surface area contributed by atoms with E-state index in [1.165, 1.54) is 0 Å². The van der Waals surface area contributed by atoms with E-state index in [2.05, 4.69) is 10.3 Å². The lowest BCUT2D eigenvalue weighted by molar-refractivity contribution is 0.979. The highest BCUT2D eigenvalue weighted by Crippen LogP contribution is 2.21. The first-order chi connectivity index (χ1) is 12.1. The van der Waals surface area contributed by atoms with Crippen LogP contribution in [0.25, 0.3) is 16.6 Å². The van der Waals surface area contributed by atoms with Gasteiger partial charge in [-0.2, -0.15) is 5.26 Å². The third-order valence-corrected chi connectivity index (χ3v) is 3.91. The Kier molecular flexibility index (Phi) is 4.68. The van der Waals surface area contributed by atoms with Crippen LogP contribution in [-0.2, 0) is 6.54 Å². The average Bonchev–Trinajstić information content (AvgIpc) is 2.62. The average molecular weight is 352 g/mol. The predicted molar refractivity (Wildman–Crippen MR) is 98.6 cm³/mol. The first-order valence-corrected chi connectivity index (χ1v) is 7.82. The fourth-order valence-corrected chi connectivity index (χ4v) is 2.70. The van der Waals surface area contributed by atoms with E-state index in [9.17, 15) is 4.79 Å². The van der Waals surface area contributed by atoms with Gasteiger partial charge in [0.2, 0.25) is 5.96 Å². The van der Waals surface area contributed by atoms with Crippen molar-refractivity contribution < 1.29 is 0 Å². The molecule has 0 bridgehead atoms. The van der Waals surface area contributed by atoms with Gasteiger partial charge in [-0.3, -0.25) is 10.1 Å². The molecule has 25 heavy (non-hydrogen) atoms. The van der Waals surface area contributed by atoms with Crippen LogP contribution in [0.4, 0.5) is 0 Å². The molecule has 0 aliphatic carbocycles. The number of aliphatic imine (C=N–C) groups is 1. The van der Waals surface area contributed by atoms with Gasteiger partial charge in [0.15, 0.2) is 11.6 Å². The SMILES string of the molecule is N#CNC(N)=NCc1cn(-c2ccccc2)c2cc(Cl)ccc2c1=O. The minimum absolute atomic E-state index is 0.0376. The van der Waals surface area contributed by atoms with E-state index in [0.29, 0.717) is 21.5 Å². The molecule has 0 fully saturated rings. The third kappa shape index (κ3) is 3.47. The zero-order chi connectivity index (χ0) is 17.8. The van der Waals surface area contributed by atoms with E-state index in [-0.39, 0.29) is 17.9 Å². The van der Waals surface area contributed by atoms with Crippen LogP contribution in [0.2, 0.25) is 5.02 Å². The number of halogens is 1. The van der Waals surface area contributed by atoms with Crippen LogP contribution in [0.3, 0.4) is 0 Å². The minimum Gasteiger partial charge on any atom is -0.369 e. The second-order valence-corrected chi connectivity index (χ2v) is 5.73. The van der Waals surface area contributed by atoms with Crippen molar-refractivity contribution >= 4 is 28.5 Å². The van der Waals surface area contributed by atoms with Crippen molar-refractivity contribution in [1.29, 1.82) is 5.26 Å². The van der Waals surface area contributed by atoms with E-state index in [1.54, 1.807) is 30.6 Å². The van der Waals surface area contributed by atoms with E-state index in [1.807, 2.05) is 34.9 Å². The van der Waals surface area contributed by atoms with Gasteiger partial charge in [0, 0.05) is 27.9 Å². The lowest BCUT2D eigenvalue weighted by Gasteiger charge is -2.13. The van der Waals surface area contributed by atoms with Crippen LogP contribution in [0, 0.1) is 11.5 Å². The van der Waals surface area contributed by atoms with Crippen LogP contribution in [-0.4, -0.2) is 10.5 Å². The molecule has 124 valence electrons. The maximum atomic E-state index is 12.7. The highest BCUT2D eigenvalue weighted by molar-refractivity contribution is 6.31. The van der Waals surface area contributed by atoms with Crippen molar-refractivity contribution in [2.45, 2.75) is 6.54 Å². The molecular weight excluding hydrogens is 338 g/mol. The van der Waals surface area contributed by atoms with Gasteiger partial charge in [0.05, 0.1) is 12.1 Å². The van der Waals surface area contributed by atoms with Crippen LogP contribution in [0.1, 0.15) is 5.56 Å². The third-order valence-electron chi connectivity index (χ3n) is 3.68. The van der Waals surface area contributed by atoms with Crippen molar-refractivity contribution in [3.63, 3.8) is 0 Å². The van der Waals surface area contributed by atoms with E-state index >= 15 is 0 Å². The van der Waals surface area contributed by atoms with Crippen LogP contribution < -0.4 is 16.5 Å². The summed E-state index contributed by atoms with van der Waals surface area (Å²) in [4.78, 5) is 16.8. The van der Waals surface area contributed by atoms with Crippen LogP contribution in [0.15, 0.2) is 64.5 Å². The summed E-state index contributed by atoms with van der Waals surface area (Å²) >= 11 is 6.12. The first kappa shape index (κ1) is 16.6. The second kappa shape index (κ2) is 7.07. The van der Waals surface area contributed by atoms with Crippen molar-refractivity contribution in [2.75, 3.05) is 0 Å². The van der Waals surface area contributed by atoms with E-state index in [0.717, 1.165) is 5.69 Å². The summed E-state index contributed by atoms with van der Waals surface area (Å²) < 4.78 is 1.89. The molecule has 1 aromatic heterocycles. The van der Waals surface area contributed by atoms with Gasteiger partial charge in [-0.25, -0.2) is 4.99 Å². The molecule has 0 aliphatic rings. The molecular formula is C18H14ClN5O. The summed E-state index contributed by atoms with van der Waals surface area (Å²) in [6, 6.07) is 14.7. The Labute approximate surface area is 148 Å². The summed E-state index contributed by atoms with van der Waals surface area (Å²) in [6.45, 7) is 0.0603. The Hall–Kier alpha value is -3.30. The van der Waals surface area contributed by atoms with Crippen LogP contribution >= 0.6 is 11.6 Å². The van der Waals surface area contributed by atoms with Crippen molar-refractivity contribution in [1.82, 2.24) is 9.88 Å². The van der Waals surface area contributed by atoms with Gasteiger partial charge in [-0.05, 0) is 30.3 Å². The number of nitrogens with one attached hydrogen (secondary N) is 1. The van der Waals surface area contributed by atoms with E-state index in [4.69, 9.17) is 22.6 Å². The number of nitrogens with zero attached hydrogens (tertiary/aromatic N) is 3.